The number of nitrogens with one attached hydrogen (secondary N) is 1. The molecular weight excluding hydrogens is 729 g/mol. The van der Waals surface area contributed by atoms with E-state index in [1.165, 1.54) is 32.1 Å². The van der Waals surface area contributed by atoms with Crippen LogP contribution >= 0.6 is 0 Å². The van der Waals surface area contributed by atoms with Crippen LogP contribution in [0.3, 0.4) is 0 Å². The lowest BCUT2D eigenvalue weighted by atomic mass is 9.32. The minimum Gasteiger partial charge on any atom is -0.481 e. The fourth-order valence-electron chi connectivity index (χ4n) is 16.5. The van der Waals surface area contributed by atoms with E-state index in [4.69, 9.17) is 9.47 Å². The largest absolute Gasteiger partial charge is 0.481 e. The standard InChI is InChI=1S/C49H78N2O7/c1-42(2,28-37(52)53)29-38(54)58-36-15-16-46(8)33(44(36,5)6)14-17-48(10)34(46)12-11-31-39-30(45(7)19-20-45)13-18-49(39,22-21-47(31,48)9)41(56)50-35-27-32(43(35,3)4)40(55)51-23-25-57-26-24-51/h30-36,39H,11-29H2,1-10H3,(H,50,56)(H,52,53)/t30-,31-,32?,33+,34-,35?,36+,39?,46+,47-,48-,49+/m1/s1. The predicted molar refractivity (Wildman–Crippen MR) is 223 cm³/mol. The Hall–Kier alpha value is -2.16. The number of aliphatic carboxylic acids is 1. The summed E-state index contributed by atoms with van der Waals surface area (Å²) in [6.45, 7) is 25.7. The van der Waals surface area contributed by atoms with E-state index in [9.17, 15) is 19.5 Å². The molecule has 0 aromatic carbocycles. The van der Waals surface area contributed by atoms with Gasteiger partial charge in [-0.25, -0.2) is 0 Å². The van der Waals surface area contributed by atoms with Crippen LogP contribution in [0.4, 0.5) is 0 Å². The van der Waals surface area contributed by atoms with Crippen LogP contribution in [0.1, 0.15) is 166 Å². The van der Waals surface area contributed by atoms with Crippen LogP contribution < -0.4 is 5.32 Å². The van der Waals surface area contributed by atoms with Crippen LogP contribution in [-0.4, -0.2) is 72.2 Å². The van der Waals surface area contributed by atoms with Gasteiger partial charge in [0.2, 0.25) is 11.8 Å². The number of hydrogen-bond acceptors (Lipinski definition) is 6. The Morgan fingerprint density at radius 3 is 2.07 bits per heavy atom. The highest BCUT2D eigenvalue weighted by Crippen LogP contribution is 2.79. The molecule has 2 amide bonds. The third-order valence-electron chi connectivity index (χ3n) is 20.5. The molecule has 0 aromatic rings. The minimum absolute atomic E-state index is 0.0198. The van der Waals surface area contributed by atoms with Gasteiger partial charge in [-0.3, -0.25) is 19.2 Å². The summed E-state index contributed by atoms with van der Waals surface area (Å²) in [5, 5.41) is 13.1. The molecule has 1 saturated heterocycles. The molecule has 12 atom stereocenters. The molecule has 9 nitrogen and oxygen atoms in total. The monoisotopic (exact) mass is 807 g/mol. The molecule has 9 heteroatoms. The van der Waals surface area contributed by atoms with Crippen molar-refractivity contribution in [2.24, 2.45) is 78.8 Å². The molecule has 1 heterocycles. The van der Waals surface area contributed by atoms with Crippen molar-refractivity contribution >= 4 is 23.8 Å². The van der Waals surface area contributed by atoms with E-state index >= 15 is 4.79 Å². The summed E-state index contributed by atoms with van der Waals surface area (Å²) in [6.07, 6.45) is 14.0. The Labute approximate surface area is 349 Å². The molecule has 8 aliphatic rings. The van der Waals surface area contributed by atoms with E-state index in [1.54, 1.807) is 0 Å². The third kappa shape index (κ3) is 6.35. The van der Waals surface area contributed by atoms with Crippen LogP contribution in [0.25, 0.3) is 0 Å². The fraction of sp³-hybridized carbons (Fsp3) is 0.918. The Kier molecular flexibility index (Phi) is 10.2. The molecule has 7 saturated carbocycles. The van der Waals surface area contributed by atoms with Crippen molar-refractivity contribution in [3.8, 4) is 0 Å². The van der Waals surface area contributed by atoms with Crippen LogP contribution in [-0.2, 0) is 28.7 Å². The zero-order valence-corrected chi connectivity index (χ0v) is 37.9. The normalized spacial score (nSPS) is 44.6. The number of morpholine rings is 1. The van der Waals surface area contributed by atoms with Crippen molar-refractivity contribution in [3.63, 3.8) is 0 Å². The molecule has 8 rings (SSSR count). The number of carbonyl (C=O) groups excluding carboxylic acids is 3. The van der Waals surface area contributed by atoms with Crippen molar-refractivity contribution in [2.45, 2.75) is 178 Å². The van der Waals surface area contributed by atoms with E-state index < -0.39 is 11.4 Å². The highest BCUT2D eigenvalue weighted by Gasteiger charge is 2.74. The summed E-state index contributed by atoms with van der Waals surface area (Å²) in [7, 11) is 0. The summed E-state index contributed by atoms with van der Waals surface area (Å²) in [5.41, 5.74) is -0.663. The molecule has 1 aliphatic heterocycles. The smallest absolute Gasteiger partial charge is 0.306 e. The number of amides is 2. The van der Waals surface area contributed by atoms with Gasteiger partial charge >= 0.3 is 11.9 Å². The van der Waals surface area contributed by atoms with E-state index in [0.717, 1.165) is 51.4 Å². The minimum atomic E-state index is -0.887. The highest BCUT2D eigenvalue weighted by atomic mass is 16.5. The van der Waals surface area contributed by atoms with Gasteiger partial charge in [0, 0.05) is 30.5 Å². The van der Waals surface area contributed by atoms with Crippen LogP contribution in [0, 0.1) is 78.8 Å². The van der Waals surface area contributed by atoms with Crippen LogP contribution in [0.5, 0.6) is 0 Å². The Morgan fingerprint density at radius 2 is 1.43 bits per heavy atom. The highest BCUT2D eigenvalue weighted by molar-refractivity contribution is 5.86. The molecule has 2 N–H and O–H groups in total. The first-order valence-corrected chi connectivity index (χ1v) is 23.5. The number of hydrogen-bond donors (Lipinski definition) is 2. The lowest BCUT2D eigenvalue weighted by molar-refractivity contribution is -0.251. The summed E-state index contributed by atoms with van der Waals surface area (Å²) in [6, 6.07) is 0.0198. The number of fused-ring (bicyclic) bond motifs is 7. The summed E-state index contributed by atoms with van der Waals surface area (Å²) >= 11 is 0. The zero-order chi connectivity index (χ0) is 42.1. The number of carboxylic acids is 1. The number of carboxylic acid groups (broad SMARTS) is 1. The first-order chi connectivity index (χ1) is 27.0. The maximum atomic E-state index is 15.2. The average Bonchev–Trinajstić information content (AvgIpc) is 3.75. The van der Waals surface area contributed by atoms with Crippen LogP contribution in [0.15, 0.2) is 0 Å². The molecule has 0 aromatic heterocycles. The van der Waals surface area contributed by atoms with Crippen molar-refractivity contribution in [2.75, 3.05) is 26.3 Å². The molecular formula is C49H78N2O7. The first kappa shape index (κ1) is 42.5. The number of ether oxygens (including phenoxy) is 2. The van der Waals surface area contributed by atoms with Gasteiger partial charge in [-0.2, -0.15) is 0 Å². The van der Waals surface area contributed by atoms with E-state index in [1.807, 2.05) is 18.7 Å². The number of nitrogens with zero attached hydrogens (tertiary/aromatic N) is 1. The lowest BCUT2D eigenvalue weighted by Gasteiger charge is -2.73. The summed E-state index contributed by atoms with van der Waals surface area (Å²) in [4.78, 5) is 55.5. The maximum absolute atomic E-state index is 15.2. The molecule has 326 valence electrons. The molecule has 7 aliphatic carbocycles. The van der Waals surface area contributed by atoms with Gasteiger partial charge in [0.25, 0.3) is 0 Å². The number of rotatable bonds is 9. The zero-order valence-electron chi connectivity index (χ0n) is 37.9. The Bertz CT molecular complexity index is 1680. The SMILES string of the molecule is CC(C)(CC(=O)O)CC(=O)O[C@H]1CC[C@]2(C)[C@H]3CC[C@@H]4C5[C@H](C6(C)CC6)CC[C@]5(C(=O)NC5CC(C(=O)N6CCOCC6)C5(C)C)CC[C@@]4(C)[C@]3(C)CC[C@H]2C1(C)C. The van der Waals surface area contributed by atoms with Crippen molar-refractivity contribution in [3.05, 3.63) is 0 Å². The van der Waals surface area contributed by atoms with Crippen molar-refractivity contribution in [1.29, 1.82) is 0 Å². The van der Waals surface area contributed by atoms with Gasteiger partial charge in [0.05, 0.1) is 31.5 Å². The molecule has 0 spiro atoms. The second-order valence-electron chi connectivity index (χ2n) is 24.5. The van der Waals surface area contributed by atoms with Gasteiger partial charge in [0.1, 0.15) is 6.10 Å². The molecule has 3 unspecified atom stereocenters. The quantitative estimate of drug-likeness (QED) is 0.223. The number of carbonyl (C=O) groups is 4. The predicted octanol–water partition coefficient (Wildman–Crippen LogP) is 9.06. The maximum Gasteiger partial charge on any atom is 0.306 e. The Morgan fingerprint density at radius 1 is 0.741 bits per heavy atom. The van der Waals surface area contributed by atoms with E-state index in [2.05, 4.69) is 60.7 Å². The molecule has 0 bridgehead atoms. The van der Waals surface area contributed by atoms with Gasteiger partial charge in [0.15, 0.2) is 0 Å². The third-order valence-corrected chi connectivity index (χ3v) is 20.5. The second-order valence-corrected chi connectivity index (χ2v) is 24.5. The van der Waals surface area contributed by atoms with E-state index in [-0.39, 0.29) is 75.3 Å². The molecule has 58 heavy (non-hydrogen) atoms. The topological polar surface area (TPSA) is 122 Å². The lowest BCUT2D eigenvalue weighted by Crippen LogP contribution is -2.69. The van der Waals surface area contributed by atoms with Gasteiger partial charge in [-0.1, -0.05) is 69.2 Å². The average molecular weight is 807 g/mol. The van der Waals surface area contributed by atoms with Gasteiger partial charge in [-0.05, 0) is 146 Å². The summed E-state index contributed by atoms with van der Waals surface area (Å²) < 4.78 is 11.8. The molecule has 8 fully saturated rings. The van der Waals surface area contributed by atoms with Crippen LogP contribution in [0.2, 0.25) is 0 Å². The Balaban J connectivity index is 1.01. The first-order valence-electron chi connectivity index (χ1n) is 23.5. The fourth-order valence-corrected chi connectivity index (χ4v) is 16.5. The molecule has 0 radical (unpaired) electrons. The van der Waals surface area contributed by atoms with Gasteiger partial charge in [-0.15, -0.1) is 0 Å². The van der Waals surface area contributed by atoms with Crippen molar-refractivity contribution in [1.82, 2.24) is 10.2 Å². The second kappa shape index (κ2) is 13.9. The van der Waals surface area contributed by atoms with Gasteiger partial charge < -0.3 is 24.8 Å². The number of esters is 1. The van der Waals surface area contributed by atoms with E-state index in [0.29, 0.717) is 67.2 Å². The summed E-state index contributed by atoms with van der Waals surface area (Å²) in [5.74, 6) is 1.81. The van der Waals surface area contributed by atoms with Crippen molar-refractivity contribution < 1.29 is 33.8 Å².